The van der Waals surface area contributed by atoms with E-state index in [0.717, 1.165) is 23.4 Å². The number of para-hydroxylation sites is 1. The average molecular weight is 286 g/mol. The first kappa shape index (κ1) is 13.4. The minimum absolute atomic E-state index is 0.289. The number of rotatable bonds is 3. The number of thioether (sulfide) groups is 1. The van der Waals surface area contributed by atoms with Crippen molar-refractivity contribution in [3.8, 4) is 0 Å². The van der Waals surface area contributed by atoms with Crippen LogP contribution in [-0.2, 0) is 17.6 Å². The molecule has 0 fully saturated rings. The number of nitrogens with two attached hydrogens (primary N) is 1. The van der Waals surface area contributed by atoms with E-state index in [2.05, 4.69) is 19.1 Å². The van der Waals surface area contributed by atoms with Crippen LogP contribution < -0.4 is 5.73 Å². The van der Waals surface area contributed by atoms with Crippen molar-refractivity contribution in [2.45, 2.75) is 31.2 Å². The minimum Gasteiger partial charge on any atom is -0.369 e. The molecule has 1 atom stereocenters. The van der Waals surface area contributed by atoms with Crippen LogP contribution in [0.4, 0.5) is 0 Å². The van der Waals surface area contributed by atoms with Crippen LogP contribution in [0.2, 0.25) is 0 Å². The largest absolute Gasteiger partial charge is 0.369 e. The van der Waals surface area contributed by atoms with Crippen LogP contribution in [0.25, 0.3) is 10.9 Å². The van der Waals surface area contributed by atoms with Gasteiger partial charge in [0.2, 0.25) is 5.91 Å². The number of amides is 1. The third kappa shape index (κ3) is 2.52. The Labute approximate surface area is 123 Å². The van der Waals surface area contributed by atoms with Crippen molar-refractivity contribution in [2.75, 3.05) is 5.75 Å². The monoisotopic (exact) mass is 286 g/mol. The van der Waals surface area contributed by atoms with E-state index in [0.29, 0.717) is 11.7 Å². The number of nitrogens with zero attached hydrogens (tertiary/aromatic N) is 1. The van der Waals surface area contributed by atoms with E-state index < -0.39 is 0 Å². The van der Waals surface area contributed by atoms with Crippen molar-refractivity contribution in [1.29, 1.82) is 0 Å². The second-order valence-electron chi connectivity index (χ2n) is 5.49. The zero-order chi connectivity index (χ0) is 14.1. The maximum atomic E-state index is 11.0. The summed E-state index contributed by atoms with van der Waals surface area (Å²) < 4.78 is 0. The first-order chi connectivity index (χ1) is 9.65. The van der Waals surface area contributed by atoms with Crippen LogP contribution in [0.3, 0.4) is 0 Å². The highest BCUT2D eigenvalue weighted by Gasteiger charge is 2.22. The molecule has 20 heavy (non-hydrogen) atoms. The van der Waals surface area contributed by atoms with E-state index in [9.17, 15) is 4.79 Å². The molecule has 1 aliphatic rings. The maximum Gasteiger partial charge on any atom is 0.227 e. The third-order valence-electron chi connectivity index (χ3n) is 3.86. The summed E-state index contributed by atoms with van der Waals surface area (Å²) >= 11 is 1.47. The number of aryl methyl sites for hydroxylation is 1. The molecule has 1 aromatic heterocycles. The van der Waals surface area contributed by atoms with E-state index in [1.807, 2.05) is 12.1 Å². The van der Waals surface area contributed by atoms with Crippen molar-refractivity contribution >= 4 is 28.6 Å². The Morgan fingerprint density at radius 2 is 2.20 bits per heavy atom. The summed E-state index contributed by atoms with van der Waals surface area (Å²) in [5.74, 6) is 0.688. The van der Waals surface area contributed by atoms with E-state index in [1.165, 1.54) is 34.7 Å². The lowest BCUT2D eigenvalue weighted by atomic mass is 9.84. The Bertz CT molecular complexity index is 669. The van der Waals surface area contributed by atoms with Gasteiger partial charge in [-0.2, -0.15) is 0 Å². The van der Waals surface area contributed by atoms with Crippen LogP contribution in [0, 0.1) is 5.92 Å². The van der Waals surface area contributed by atoms with Crippen LogP contribution in [0.15, 0.2) is 29.3 Å². The number of benzene rings is 1. The Hall–Kier alpha value is -1.55. The lowest BCUT2D eigenvalue weighted by molar-refractivity contribution is -0.115. The van der Waals surface area contributed by atoms with Gasteiger partial charge >= 0.3 is 0 Å². The topological polar surface area (TPSA) is 56.0 Å². The number of fused-ring (bicyclic) bond motifs is 3. The molecule has 0 saturated heterocycles. The Kier molecular flexibility index (Phi) is 3.66. The molecule has 104 valence electrons. The third-order valence-corrected chi connectivity index (χ3v) is 4.90. The number of hydrogen-bond donors (Lipinski definition) is 1. The fraction of sp³-hybridized carbons (Fsp3) is 0.375. The SMILES string of the molecule is CC1CCc2c(c(SCC(N)=O)nc3ccccc23)C1. The van der Waals surface area contributed by atoms with E-state index in [-0.39, 0.29) is 5.91 Å². The predicted molar refractivity (Wildman–Crippen MR) is 82.9 cm³/mol. The summed E-state index contributed by atoms with van der Waals surface area (Å²) in [6.45, 7) is 2.28. The normalized spacial score (nSPS) is 17.9. The van der Waals surface area contributed by atoms with E-state index in [1.54, 1.807) is 0 Å². The van der Waals surface area contributed by atoms with Gasteiger partial charge in [0.15, 0.2) is 0 Å². The number of carbonyl (C=O) groups excluding carboxylic acids is 1. The second kappa shape index (κ2) is 5.44. The molecule has 0 bridgehead atoms. The molecule has 1 aromatic carbocycles. The Morgan fingerprint density at radius 1 is 1.40 bits per heavy atom. The summed E-state index contributed by atoms with van der Waals surface area (Å²) in [6, 6.07) is 8.27. The van der Waals surface area contributed by atoms with Crippen LogP contribution >= 0.6 is 11.8 Å². The van der Waals surface area contributed by atoms with Gasteiger partial charge in [0, 0.05) is 5.39 Å². The molecular weight excluding hydrogens is 268 g/mol. The molecule has 2 N–H and O–H groups in total. The summed E-state index contributed by atoms with van der Waals surface area (Å²) in [6.07, 6.45) is 3.37. The molecule has 1 unspecified atom stereocenters. The van der Waals surface area contributed by atoms with E-state index >= 15 is 0 Å². The standard InChI is InChI=1S/C16H18N2OS/c1-10-6-7-11-12-4-2-3-5-14(12)18-16(13(11)8-10)20-9-15(17)19/h2-5,10H,6-9H2,1H3,(H2,17,19). The van der Waals surface area contributed by atoms with Crippen LogP contribution in [-0.4, -0.2) is 16.6 Å². The van der Waals surface area contributed by atoms with Gasteiger partial charge < -0.3 is 5.73 Å². The highest BCUT2D eigenvalue weighted by molar-refractivity contribution is 7.99. The van der Waals surface area contributed by atoms with Gasteiger partial charge in [0.1, 0.15) is 5.03 Å². The van der Waals surface area contributed by atoms with Gasteiger partial charge in [-0.05, 0) is 42.4 Å². The summed E-state index contributed by atoms with van der Waals surface area (Å²) in [5, 5.41) is 2.25. The van der Waals surface area contributed by atoms with Gasteiger partial charge in [-0.15, -0.1) is 0 Å². The fourth-order valence-corrected chi connectivity index (χ4v) is 3.71. The molecule has 1 heterocycles. The Balaban J connectivity index is 2.13. The summed E-state index contributed by atoms with van der Waals surface area (Å²) in [7, 11) is 0. The molecule has 0 saturated carbocycles. The zero-order valence-corrected chi connectivity index (χ0v) is 12.4. The second-order valence-corrected chi connectivity index (χ2v) is 6.46. The fourth-order valence-electron chi connectivity index (χ4n) is 2.89. The smallest absolute Gasteiger partial charge is 0.227 e. The minimum atomic E-state index is -0.289. The van der Waals surface area contributed by atoms with Gasteiger partial charge in [0.05, 0.1) is 11.3 Å². The zero-order valence-electron chi connectivity index (χ0n) is 11.6. The van der Waals surface area contributed by atoms with Crippen molar-refractivity contribution in [1.82, 2.24) is 4.98 Å². The molecule has 3 rings (SSSR count). The van der Waals surface area contributed by atoms with Gasteiger partial charge in [-0.3, -0.25) is 4.79 Å². The van der Waals surface area contributed by atoms with Crippen LogP contribution in [0.1, 0.15) is 24.5 Å². The lowest BCUT2D eigenvalue weighted by Gasteiger charge is -2.24. The van der Waals surface area contributed by atoms with Gasteiger partial charge in [0.25, 0.3) is 0 Å². The van der Waals surface area contributed by atoms with E-state index in [4.69, 9.17) is 10.7 Å². The van der Waals surface area contributed by atoms with Crippen molar-refractivity contribution in [2.24, 2.45) is 11.7 Å². The highest BCUT2D eigenvalue weighted by atomic mass is 32.2. The van der Waals surface area contributed by atoms with Crippen molar-refractivity contribution < 1.29 is 4.79 Å². The average Bonchev–Trinajstić information content (AvgIpc) is 2.44. The highest BCUT2D eigenvalue weighted by Crippen LogP contribution is 2.36. The first-order valence-corrected chi connectivity index (χ1v) is 7.95. The molecule has 1 amide bonds. The first-order valence-electron chi connectivity index (χ1n) is 6.96. The molecule has 4 heteroatoms. The van der Waals surface area contributed by atoms with Crippen molar-refractivity contribution in [3.05, 3.63) is 35.4 Å². The molecule has 3 nitrogen and oxygen atoms in total. The lowest BCUT2D eigenvalue weighted by Crippen LogP contribution is -2.16. The number of hydrogen-bond acceptors (Lipinski definition) is 3. The molecular formula is C16H18N2OS. The molecule has 2 aromatic rings. The van der Waals surface area contributed by atoms with Crippen LogP contribution in [0.5, 0.6) is 0 Å². The number of primary amides is 1. The Morgan fingerprint density at radius 3 is 3.00 bits per heavy atom. The molecule has 1 aliphatic carbocycles. The van der Waals surface area contributed by atoms with Crippen molar-refractivity contribution in [3.63, 3.8) is 0 Å². The van der Waals surface area contributed by atoms with Gasteiger partial charge in [-0.25, -0.2) is 4.98 Å². The molecule has 0 spiro atoms. The number of aromatic nitrogens is 1. The number of carbonyl (C=O) groups is 1. The predicted octanol–water partition coefficient (Wildman–Crippen LogP) is 2.94. The maximum absolute atomic E-state index is 11.0. The quantitative estimate of drug-likeness (QED) is 0.883. The number of pyridine rings is 1. The van der Waals surface area contributed by atoms with Gasteiger partial charge in [-0.1, -0.05) is 36.9 Å². The summed E-state index contributed by atoms with van der Waals surface area (Å²) in [5.41, 5.74) is 9.03. The molecule has 0 radical (unpaired) electrons. The summed E-state index contributed by atoms with van der Waals surface area (Å²) in [4.78, 5) is 15.8. The molecule has 0 aliphatic heterocycles.